The van der Waals surface area contributed by atoms with Gasteiger partial charge in [0, 0.05) is 17.0 Å². The third kappa shape index (κ3) is 4.32. The number of aromatic nitrogens is 3. The van der Waals surface area contributed by atoms with Crippen LogP contribution < -0.4 is 4.74 Å². The highest BCUT2D eigenvalue weighted by Gasteiger charge is 2.22. The molecule has 0 aliphatic heterocycles. The van der Waals surface area contributed by atoms with Crippen molar-refractivity contribution < 1.29 is 4.74 Å². The van der Waals surface area contributed by atoms with Gasteiger partial charge in [-0.05, 0) is 44.8 Å². The van der Waals surface area contributed by atoms with Gasteiger partial charge in [-0.1, -0.05) is 36.4 Å². The molecule has 0 saturated carbocycles. The van der Waals surface area contributed by atoms with Gasteiger partial charge in [-0.15, -0.1) is 10.2 Å². The second kappa shape index (κ2) is 9.11. The van der Waals surface area contributed by atoms with E-state index < -0.39 is 0 Å². The van der Waals surface area contributed by atoms with Gasteiger partial charge in [0.05, 0.1) is 13.2 Å². The Hall–Kier alpha value is -1.50. The van der Waals surface area contributed by atoms with Crippen molar-refractivity contribution in [2.45, 2.75) is 24.5 Å². The Bertz CT molecular complexity index is 670. The molecule has 0 spiro atoms. The van der Waals surface area contributed by atoms with Gasteiger partial charge in [0.15, 0.2) is 11.0 Å². The van der Waals surface area contributed by atoms with Crippen molar-refractivity contribution >= 4 is 23.4 Å². The molecular formula is C17H23ClN4OS. The van der Waals surface area contributed by atoms with Crippen LogP contribution in [0.5, 0.6) is 5.75 Å². The van der Waals surface area contributed by atoms with Crippen LogP contribution in [0.25, 0.3) is 5.69 Å². The van der Waals surface area contributed by atoms with Crippen LogP contribution in [0.3, 0.4) is 0 Å². The van der Waals surface area contributed by atoms with Gasteiger partial charge in [-0.3, -0.25) is 9.47 Å². The Morgan fingerprint density at radius 3 is 2.54 bits per heavy atom. The van der Waals surface area contributed by atoms with Gasteiger partial charge in [-0.25, -0.2) is 0 Å². The number of rotatable bonds is 8. The smallest absolute Gasteiger partial charge is 0.196 e. The molecule has 0 saturated heterocycles. The van der Waals surface area contributed by atoms with Crippen molar-refractivity contribution in [3.8, 4) is 11.4 Å². The highest BCUT2D eigenvalue weighted by molar-refractivity contribution is 7.99. The van der Waals surface area contributed by atoms with Gasteiger partial charge in [-0.2, -0.15) is 0 Å². The maximum Gasteiger partial charge on any atom is 0.196 e. The number of hydrogen-bond donors (Lipinski definition) is 0. The minimum absolute atomic E-state index is 0.192. The number of nitrogens with zero attached hydrogens (tertiary/aromatic N) is 4. The summed E-state index contributed by atoms with van der Waals surface area (Å²) in [7, 11) is 5.78. The lowest BCUT2D eigenvalue weighted by Gasteiger charge is -2.23. The molecule has 0 aliphatic carbocycles. The van der Waals surface area contributed by atoms with Gasteiger partial charge in [0.25, 0.3) is 0 Å². The fraction of sp³-hybridized carbons (Fsp3) is 0.412. The van der Waals surface area contributed by atoms with Crippen LogP contribution in [0.1, 0.15) is 25.2 Å². The summed E-state index contributed by atoms with van der Waals surface area (Å²) in [5, 5.41) is 9.72. The lowest BCUT2D eigenvalue weighted by molar-refractivity contribution is 0.276. The predicted molar refractivity (Wildman–Crippen MR) is 100 cm³/mol. The molecule has 7 heteroatoms. The molecule has 1 unspecified atom stereocenters. The number of thioether (sulfide) groups is 1. The molecule has 0 fully saturated rings. The summed E-state index contributed by atoms with van der Waals surface area (Å²) in [6.45, 7) is 2.15. The fourth-order valence-corrected chi connectivity index (χ4v) is 3.47. The van der Waals surface area contributed by atoms with E-state index in [-0.39, 0.29) is 6.04 Å². The first-order valence-corrected chi connectivity index (χ1v) is 9.18. The Morgan fingerprint density at radius 1 is 1.29 bits per heavy atom. The van der Waals surface area contributed by atoms with E-state index in [0.29, 0.717) is 0 Å². The maximum absolute atomic E-state index is 5.62. The summed E-state index contributed by atoms with van der Waals surface area (Å²) in [4.78, 5) is 2.16. The molecule has 1 heterocycles. The molecule has 0 amide bonds. The molecule has 0 N–H and O–H groups in total. The number of benzene rings is 1. The average molecular weight is 367 g/mol. The summed E-state index contributed by atoms with van der Waals surface area (Å²) in [5.41, 5.74) is 2.55. The Kier molecular flexibility index (Phi) is 7.15. The van der Waals surface area contributed by atoms with E-state index in [0.717, 1.165) is 34.6 Å². The van der Waals surface area contributed by atoms with Crippen molar-refractivity contribution in [1.82, 2.24) is 19.7 Å². The normalized spacial score (nSPS) is 12.9. The third-order valence-corrected chi connectivity index (χ3v) is 4.75. The first-order chi connectivity index (χ1) is 11.6. The summed E-state index contributed by atoms with van der Waals surface area (Å²) in [6.07, 6.45) is 2.84. The van der Waals surface area contributed by atoms with Crippen LogP contribution in [-0.2, 0) is 0 Å². The van der Waals surface area contributed by atoms with Gasteiger partial charge in [0.2, 0.25) is 0 Å². The van der Waals surface area contributed by atoms with Gasteiger partial charge < -0.3 is 4.74 Å². The molecule has 0 aliphatic rings. The van der Waals surface area contributed by atoms with E-state index in [2.05, 4.69) is 40.7 Å². The predicted octanol–water partition coefficient (Wildman–Crippen LogP) is 4.13. The summed E-state index contributed by atoms with van der Waals surface area (Å²) < 4.78 is 7.37. The zero-order chi connectivity index (χ0) is 17.5. The Balaban J connectivity index is 2.47. The molecule has 5 nitrogen and oxygen atoms in total. The summed E-state index contributed by atoms with van der Waals surface area (Å²) >= 11 is 7.23. The first-order valence-electron chi connectivity index (χ1n) is 7.76. The monoisotopic (exact) mass is 366 g/mol. The second-order valence-electron chi connectivity index (χ2n) is 5.43. The number of hydrogen-bond acceptors (Lipinski definition) is 5. The largest absolute Gasteiger partial charge is 0.497 e. The van der Waals surface area contributed by atoms with Crippen molar-refractivity contribution in [3.63, 3.8) is 0 Å². The minimum Gasteiger partial charge on any atom is -0.497 e. The van der Waals surface area contributed by atoms with Crippen LogP contribution in [0.4, 0.5) is 0 Å². The molecular weight excluding hydrogens is 344 g/mol. The molecule has 1 aromatic heterocycles. The maximum atomic E-state index is 5.62. The number of methoxy groups -OCH3 is 1. The summed E-state index contributed by atoms with van der Waals surface area (Å²) in [5.74, 6) is 2.51. The molecule has 1 atom stereocenters. The molecule has 1 aromatic carbocycles. The zero-order valence-corrected chi connectivity index (χ0v) is 16.0. The first kappa shape index (κ1) is 18.8. The minimum atomic E-state index is 0.192. The van der Waals surface area contributed by atoms with Crippen molar-refractivity contribution in [3.05, 3.63) is 41.7 Å². The van der Waals surface area contributed by atoms with Gasteiger partial charge in [0.1, 0.15) is 5.75 Å². The molecule has 0 bridgehead atoms. The molecule has 0 radical (unpaired) electrons. The van der Waals surface area contributed by atoms with E-state index in [1.807, 2.05) is 30.3 Å². The summed E-state index contributed by atoms with van der Waals surface area (Å²) in [6, 6.07) is 8.13. The van der Waals surface area contributed by atoms with Crippen molar-refractivity contribution in [2.75, 3.05) is 27.0 Å². The van der Waals surface area contributed by atoms with Crippen LogP contribution in [-0.4, -0.2) is 46.6 Å². The molecule has 24 heavy (non-hydrogen) atoms. The van der Waals surface area contributed by atoms with Crippen LogP contribution in [0, 0.1) is 0 Å². The van der Waals surface area contributed by atoms with Gasteiger partial charge >= 0.3 is 0 Å². The van der Waals surface area contributed by atoms with E-state index in [9.17, 15) is 0 Å². The van der Waals surface area contributed by atoms with E-state index in [1.54, 1.807) is 18.9 Å². The van der Waals surface area contributed by atoms with Crippen molar-refractivity contribution in [1.29, 1.82) is 0 Å². The lowest BCUT2D eigenvalue weighted by Crippen LogP contribution is -2.22. The number of ether oxygens (including phenoxy) is 1. The topological polar surface area (TPSA) is 43.2 Å². The zero-order valence-electron chi connectivity index (χ0n) is 14.4. The average Bonchev–Trinajstić information content (AvgIpc) is 2.99. The Labute approximate surface area is 152 Å². The number of halogens is 1. The van der Waals surface area contributed by atoms with Crippen LogP contribution in [0.2, 0.25) is 0 Å². The van der Waals surface area contributed by atoms with Crippen molar-refractivity contribution in [2.24, 2.45) is 0 Å². The Morgan fingerprint density at radius 2 is 2.00 bits per heavy atom. The van der Waals surface area contributed by atoms with Crippen LogP contribution >= 0.6 is 23.4 Å². The third-order valence-electron chi connectivity index (χ3n) is 3.69. The highest BCUT2D eigenvalue weighted by atomic mass is 35.5. The standard InChI is InChI=1S/C17H23ClN4OS/c1-5-15(21(2)3)16-19-20-17(24-12-6-11-18)22(16)13-7-9-14(23-4)10-8-13/h6-11,15H,5,12H2,1-4H3/b11-6+. The van der Waals surface area contributed by atoms with Crippen LogP contribution in [0.15, 0.2) is 41.0 Å². The van der Waals surface area contributed by atoms with E-state index in [4.69, 9.17) is 16.3 Å². The van der Waals surface area contributed by atoms with E-state index in [1.165, 1.54) is 5.54 Å². The SMILES string of the molecule is CCC(c1nnc(SC/C=C/Cl)n1-c1ccc(OC)cc1)N(C)C. The van der Waals surface area contributed by atoms with E-state index >= 15 is 0 Å². The molecule has 2 rings (SSSR count). The lowest BCUT2D eigenvalue weighted by atomic mass is 10.2. The second-order valence-corrected chi connectivity index (χ2v) is 6.67. The molecule has 130 valence electrons. The fourth-order valence-electron chi connectivity index (χ4n) is 2.50. The molecule has 2 aromatic rings. The highest BCUT2D eigenvalue weighted by Crippen LogP contribution is 2.29. The quantitative estimate of drug-likeness (QED) is 0.657.